The van der Waals surface area contributed by atoms with Gasteiger partial charge in [-0.05, 0) is 53.9 Å². The van der Waals surface area contributed by atoms with Crippen molar-refractivity contribution in [3.63, 3.8) is 0 Å². The lowest BCUT2D eigenvalue weighted by Crippen LogP contribution is -2.36. The van der Waals surface area contributed by atoms with E-state index in [1.807, 2.05) is 59.5 Å². The molecular formula is C26H23N3O3. The number of methoxy groups -OCH3 is 2. The smallest absolute Gasteiger partial charge is 0.254 e. The third kappa shape index (κ3) is 3.54. The van der Waals surface area contributed by atoms with Gasteiger partial charge >= 0.3 is 0 Å². The number of aromatic nitrogens is 2. The summed E-state index contributed by atoms with van der Waals surface area (Å²) in [6.07, 6.45) is 4.26. The van der Waals surface area contributed by atoms with Crippen LogP contribution >= 0.6 is 0 Å². The summed E-state index contributed by atoms with van der Waals surface area (Å²) < 4.78 is 10.9. The molecule has 3 heterocycles. The van der Waals surface area contributed by atoms with E-state index < -0.39 is 0 Å². The molecule has 6 nitrogen and oxygen atoms in total. The summed E-state index contributed by atoms with van der Waals surface area (Å²) in [4.78, 5) is 24.6. The van der Waals surface area contributed by atoms with E-state index in [1.54, 1.807) is 26.6 Å². The van der Waals surface area contributed by atoms with Crippen LogP contribution in [0.4, 0.5) is 0 Å². The average molecular weight is 425 g/mol. The van der Waals surface area contributed by atoms with Crippen LogP contribution in [0.25, 0.3) is 22.2 Å². The summed E-state index contributed by atoms with van der Waals surface area (Å²) in [7, 11) is 3.26. The molecule has 0 spiro atoms. The van der Waals surface area contributed by atoms with E-state index in [0.717, 1.165) is 34.1 Å². The zero-order chi connectivity index (χ0) is 22.1. The predicted octanol–water partition coefficient (Wildman–Crippen LogP) is 4.51. The maximum Gasteiger partial charge on any atom is 0.254 e. The molecule has 1 aliphatic heterocycles. The summed E-state index contributed by atoms with van der Waals surface area (Å²) in [5.74, 6) is 1.38. The van der Waals surface area contributed by atoms with Gasteiger partial charge in [0, 0.05) is 36.4 Å². The monoisotopic (exact) mass is 425 g/mol. The standard InChI is InChI=1S/C26H23N3O3/c1-31-24-12-17-9-11-29(16-19(17)13-25(24)32-2)26(30)21-14-23(18-6-5-10-27-15-18)28-22-8-4-3-7-20(21)22/h3-8,10,12-15H,9,11,16H2,1-2H3. The van der Waals surface area contributed by atoms with Crippen LogP contribution in [-0.2, 0) is 13.0 Å². The highest BCUT2D eigenvalue weighted by atomic mass is 16.5. The average Bonchev–Trinajstić information content (AvgIpc) is 2.86. The second-order valence-electron chi connectivity index (χ2n) is 7.77. The fourth-order valence-corrected chi connectivity index (χ4v) is 4.24. The van der Waals surface area contributed by atoms with E-state index in [4.69, 9.17) is 14.5 Å². The van der Waals surface area contributed by atoms with E-state index >= 15 is 0 Å². The summed E-state index contributed by atoms with van der Waals surface area (Å²) in [6.45, 7) is 1.16. The fraction of sp³-hybridized carbons (Fsp3) is 0.192. The molecule has 160 valence electrons. The third-order valence-corrected chi connectivity index (χ3v) is 5.91. The largest absolute Gasteiger partial charge is 0.493 e. The van der Waals surface area contributed by atoms with E-state index in [0.29, 0.717) is 30.2 Å². The fourth-order valence-electron chi connectivity index (χ4n) is 4.24. The Morgan fingerprint density at radius 3 is 2.50 bits per heavy atom. The number of rotatable bonds is 4. The van der Waals surface area contributed by atoms with Gasteiger partial charge in [-0.15, -0.1) is 0 Å². The number of hydrogen-bond donors (Lipinski definition) is 0. The van der Waals surface area contributed by atoms with Crippen molar-refractivity contribution in [2.24, 2.45) is 0 Å². The molecular weight excluding hydrogens is 402 g/mol. The molecule has 0 radical (unpaired) electrons. The van der Waals surface area contributed by atoms with Crippen molar-refractivity contribution in [1.29, 1.82) is 0 Å². The van der Waals surface area contributed by atoms with Crippen LogP contribution in [-0.4, -0.2) is 41.5 Å². The molecule has 0 N–H and O–H groups in total. The zero-order valence-corrected chi connectivity index (χ0v) is 18.0. The van der Waals surface area contributed by atoms with Gasteiger partial charge < -0.3 is 14.4 Å². The van der Waals surface area contributed by atoms with E-state index in [9.17, 15) is 4.79 Å². The Labute approximate surface area is 186 Å². The van der Waals surface area contributed by atoms with Gasteiger partial charge in [-0.1, -0.05) is 18.2 Å². The van der Waals surface area contributed by atoms with Gasteiger partial charge in [0.2, 0.25) is 0 Å². The summed E-state index contributed by atoms with van der Waals surface area (Å²) in [5.41, 5.74) is 5.33. The van der Waals surface area contributed by atoms with Gasteiger partial charge in [0.25, 0.3) is 5.91 Å². The number of para-hydroxylation sites is 1. The maximum atomic E-state index is 13.7. The summed E-state index contributed by atoms with van der Waals surface area (Å²) >= 11 is 0. The van der Waals surface area contributed by atoms with Crippen molar-refractivity contribution in [3.8, 4) is 22.8 Å². The normalized spacial score (nSPS) is 13.0. The van der Waals surface area contributed by atoms with E-state index in [2.05, 4.69) is 4.98 Å². The Morgan fingerprint density at radius 1 is 0.969 bits per heavy atom. The molecule has 0 bridgehead atoms. The van der Waals surface area contributed by atoms with Crippen molar-refractivity contribution in [2.75, 3.05) is 20.8 Å². The molecule has 6 heteroatoms. The van der Waals surface area contributed by atoms with Gasteiger partial charge in [-0.3, -0.25) is 9.78 Å². The van der Waals surface area contributed by atoms with E-state index in [-0.39, 0.29) is 5.91 Å². The highest BCUT2D eigenvalue weighted by Gasteiger charge is 2.25. The summed E-state index contributed by atoms with van der Waals surface area (Å²) in [6, 6.07) is 17.5. The molecule has 0 unspecified atom stereocenters. The number of pyridine rings is 2. The SMILES string of the molecule is COc1cc2c(cc1OC)CN(C(=O)c1cc(-c3cccnc3)nc3ccccc13)CC2. The minimum atomic E-state index is -0.00539. The van der Waals surface area contributed by atoms with Crippen molar-refractivity contribution >= 4 is 16.8 Å². The van der Waals surface area contributed by atoms with Crippen molar-refractivity contribution < 1.29 is 14.3 Å². The van der Waals surface area contributed by atoms with Crippen LogP contribution in [0, 0.1) is 0 Å². The van der Waals surface area contributed by atoms with Crippen LogP contribution in [0.15, 0.2) is 67.0 Å². The predicted molar refractivity (Wildman–Crippen MR) is 123 cm³/mol. The van der Waals surface area contributed by atoms with Crippen LogP contribution in [0.5, 0.6) is 11.5 Å². The topological polar surface area (TPSA) is 64.6 Å². The molecule has 0 saturated heterocycles. The molecule has 0 aliphatic carbocycles. The molecule has 4 aromatic rings. The molecule has 0 saturated carbocycles. The van der Waals surface area contributed by atoms with Crippen molar-refractivity contribution in [2.45, 2.75) is 13.0 Å². The Bertz CT molecular complexity index is 1300. The number of carbonyl (C=O) groups is 1. The second-order valence-corrected chi connectivity index (χ2v) is 7.77. The van der Waals surface area contributed by atoms with Crippen molar-refractivity contribution in [3.05, 3.63) is 83.7 Å². The lowest BCUT2D eigenvalue weighted by molar-refractivity contribution is 0.0736. The Kier molecular flexibility index (Phi) is 5.19. The van der Waals surface area contributed by atoms with E-state index in [1.165, 1.54) is 5.56 Å². The van der Waals surface area contributed by atoms with Crippen LogP contribution < -0.4 is 9.47 Å². The lowest BCUT2D eigenvalue weighted by Gasteiger charge is -2.30. The number of benzene rings is 2. The first-order valence-electron chi connectivity index (χ1n) is 10.5. The van der Waals surface area contributed by atoms with Crippen LogP contribution in [0.2, 0.25) is 0 Å². The minimum absolute atomic E-state index is 0.00539. The maximum absolute atomic E-state index is 13.7. The van der Waals surface area contributed by atoms with Gasteiger partial charge in [0.1, 0.15) is 0 Å². The third-order valence-electron chi connectivity index (χ3n) is 5.91. The minimum Gasteiger partial charge on any atom is -0.493 e. The van der Waals surface area contributed by atoms with Gasteiger partial charge in [0.15, 0.2) is 11.5 Å². The number of fused-ring (bicyclic) bond motifs is 2. The van der Waals surface area contributed by atoms with Crippen molar-refractivity contribution in [1.82, 2.24) is 14.9 Å². The highest BCUT2D eigenvalue weighted by Crippen LogP contribution is 2.34. The molecule has 0 fully saturated rings. The number of ether oxygens (including phenoxy) is 2. The number of carbonyl (C=O) groups excluding carboxylic acids is 1. The number of hydrogen-bond acceptors (Lipinski definition) is 5. The lowest BCUT2D eigenvalue weighted by atomic mass is 9.97. The second kappa shape index (κ2) is 8.30. The summed E-state index contributed by atoms with van der Waals surface area (Å²) in [5, 5.41) is 0.850. The molecule has 1 amide bonds. The molecule has 0 atom stereocenters. The molecule has 1 aliphatic rings. The van der Waals surface area contributed by atoms with Crippen LogP contribution in [0.3, 0.4) is 0 Å². The Balaban J connectivity index is 1.54. The molecule has 2 aromatic carbocycles. The Morgan fingerprint density at radius 2 is 1.75 bits per heavy atom. The van der Waals surface area contributed by atoms with Gasteiger partial charge in [-0.2, -0.15) is 0 Å². The molecule has 2 aromatic heterocycles. The van der Waals surface area contributed by atoms with Crippen LogP contribution in [0.1, 0.15) is 21.5 Å². The quantitative estimate of drug-likeness (QED) is 0.481. The zero-order valence-electron chi connectivity index (χ0n) is 18.0. The number of nitrogens with zero attached hydrogens (tertiary/aromatic N) is 3. The molecule has 5 rings (SSSR count). The highest BCUT2D eigenvalue weighted by molar-refractivity contribution is 6.07. The van der Waals surface area contributed by atoms with Gasteiger partial charge in [-0.25, -0.2) is 4.98 Å². The first kappa shape index (κ1) is 20.0. The molecule has 32 heavy (non-hydrogen) atoms. The first-order chi connectivity index (χ1) is 15.7. The first-order valence-corrected chi connectivity index (χ1v) is 10.5. The Hall–Kier alpha value is -3.93. The number of amides is 1. The van der Waals surface area contributed by atoms with Gasteiger partial charge in [0.05, 0.1) is 31.0 Å².